The van der Waals surface area contributed by atoms with Gasteiger partial charge in [0.05, 0.1) is 0 Å². The van der Waals surface area contributed by atoms with E-state index in [0.717, 1.165) is 11.3 Å². The maximum atomic E-state index is 11.9. The summed E-state index contributed by atoms with van der Waals surface area (Å²) < 4.78 is 0. The van der Waals surface area contributed by atoms with Crippen molar-refractivity contribution < 1.29 is 4.79 Å². The number of carbonyl (C=O) groups excluding carboxylic acids is 1. The summed E-state index contributed by atoms with van der Waals surface area (Å²) in [7, 11) is 0. The molecule has 0 aliphatic carbocycles. The van der Waals surface area contributed by atoms with E-state index in [1.165, 1.54) is 0 Å². The van der Waals surface area contributed by atoms with Crippen molar-refractivity contribution in [1.82, 2.24) is 0 Å². The molecule has 100 valence electrons. The SMILES string of the molecule is C/C(=C\c1ccccc1)C(=O)/C=C\Nc1ccccc1. The second kappa shape index (κ2) is 7.10. The quantitative estimate of drug-likeness (QED) is 0.815. The first-order valence-corrected chi connectivity index (χ1v) is 6.51. The Bertz CT molecular complexity index is 612. The Kier molecular flexibility index (Phi) is 4.90. The summed E-state index contributed by atoms with van der Waals surface area (Å²) in [6, 6.07) is 19.5. The minimum absolute atomic E-state index is 0.00251. The minimum atomic E-state index is -0.00251. The molecular weight excluding hydrogens is 246 g/mol. The van der Waals surface area contributed by atoms with Gasteiger partial charge in [-0.15, -0.1) is 0 Å². The third-order valence-electron chi connectivity index (χ3n) is 2.83. The third-order valence-corrected chi connectivity index (χ3v) is 2.83. The molecule has 0 radical (unpaired) electrons. The van der Waals surface area contributed by atoms with Gasteiger partial charge in [-0.25, -0.2) is 0 Å². The molecule has 2 aromatic carbocycles. The number of allylic oxidation sites excluding steroid dienone is 2. The Morgan fingerprint density at radius 1 is 0.950 bits per heavy atom. The van der Waals surface area contributed by atoms with Crippen LogP contribution < -0.4 is 5.32 Å². The van der Waals surface area contributed by atoms with Crippen molar-refractivity contribution in [3.8, 4) is 0 Å². The standard InChI is InChI=1S/C18H17NO/c1-15(14-16-8-4-2-5-9-16)18(20)12-13-19-17-10-6-3-7-11-17/h2-14,19H,1H3/b13-12-,15-14+. The van der Waals surface area contributed by atoms with Gasteiger partial charge in [0.15, 0.2) is 5.78 Å². The average molecular weight is 263 g/mol. The normalized spacial score (nSPS) is 11.6. The number of hydrogen-bond acceptors (Lipinski definition) is 2. The van der Waals surface area contributed by atoms with Gasteiger partial charge in [-0.3, -0.25) is 4.79 Å². The van der Waals surface area contributed by atoms with E-state index in [1.807, 2.05) is 73.7 Å². The Balaban J connectivity index is 1.96. The van der Waals surface area contributed by atoms with Crippen LogP contribution in [0.4, 0.5) is 5.69 Å². The molecule has 2 heteroatoms. The molecule has 0 unspecified atom stereocenters. The zero-order valence-electron chi connectivity index (χ0n) is 11.4. The van der Waals surface area contributed by atoms with E-state index in [9.17, 15) is 4.79 Å². The highest BCUT2D eigenvalue weighted by atomic mass is 16.1. The molecule has 0 atom stereocenters. The molecule has 0 fully saturated rings. The fourth-order valence-electron chi connectivity index (χ4n) is 1.75. The van der Waals surface area contributed by atoms with Gasteiger partial charge in [-0.1, -0.05) is 48.5 Å². The second-order valence-corrected chi connectivity index (χ2v) is 4.45. The van der Waals surface area contributed by atoms with Gasteiger partial charge < -0.3 is 5.32 Å². The molecule has 0 aliphatic rings. The average Bonchev–Trinajstić information content (AvgIpc) is 2.49. The molecule has 2 nitrogen and oxygen atoms in total. The van der Waals surface area contributed by atoms with E-state index < -0.39 is 0 Å². The lowest BCUT2D eigenvalue weighted by molar-refractivity contribution is -0.111. The number of ketones is 1. The van der Waals surface area contributed by atoms with E-state index in [0.29, 0.717) is 5.57 Å². The van der Waals surface area contributed by atoms with Gasteiger partial charge >= 0.3 is 0 Å². The van der Waals surface area contributed by atoms with E-state index in [4.69, 9.17) is 0 Å². The van der Waals surface area contributed by atoms with Crippen molar-refractivity contribution in [3.05, 3.63) is 84.1 Å². The molecule has 0 saturated carbocycles. The molecule has 0 heterocycles. The van der Waals surface area contributed by atoms with Crippen LogP contribution in [0.2, 0.25) is 0 Å². The van der Waals surface area contributed by atoms with Crippen LogP contribution in [0.15, 0.2) is 78.5 Å². The summed E-state index contributed by atoms with van der Waals surface area (Å²) >= 11 is 0. The maximum Gasteiger partial charge on any atom is 0.182 e. The van der Waals surface area contributed by atoms with Crippen molar-refractivity contribution in [2.75, 3.05) is 5.32 Å². The zero-order chi connectivity index (χ0) is 14.2. The van der Waals surface area contributed by atoms with Crippen molar-refractivity contribution >= 4 is 17.5 Å². The zero-order valence-corrected chi connectivity index (χ0v) is 11.4. The van der Waals surface area contributed by atoms with Crippen molar-refractivity contribution in [2.24, 2.45) is 0 Å². The van der Waals surface area contributed by atoms with Gasteiger partial charge in [0.2, 0.25) is 0 Å². The Morgan fingerprint density at radius 3 is 2.20 bits per heavy atom. The predicted molar refractivity (Wildman–Crippen MR) is 84.3 cm³/mol. The van der Waals surface area contributed by atoms with Gasteiger partial charge in [0.1, 0.15) is 0 Å². The highest BCUT2D eigenvalue weighted by Gasteiger charge is 1.99. The number of nitrogens with one attached hydrogen (secondary N) is 1. The first kappa shape index (κ1) is 13.8. The predicted octanol–water partition coefficient (Wildman–Crippen LogP) is 4.28. The molecule has 0 amide bonds. The van der Waals surface area contributed by atoms with Crippen LogP contribution in [0.5, 0.6) is 0 Å². The van der Waals surface area contributed by atoms with Crippen LogP contribution in [-0.4, -0.2) is 5.78 Å². The molecule has 0 saturated heterocycles. The van der Waals surface area contributed by atoms with Gasteiger partial charge in [0, 0.05) is 18.0 Å². The molecule has 0 bridgehead atoms. The molecule has 20 heavy (non-hydrogen) atoms. The number of para-hydroxylation sites is 1. The van der Waals surface area contributed by atoms with E-state index in [1.54, 1.807) is 12.3 Å². The number of carbonyl (C=O) groups is 1. The number of benzene rings is 2. The first-order valence-electron chi connectivity index (χ1n) is 6.51. The Labute approximate surface area is 119 Å². The number of hydrogen-bond donors (Lipinski definition) is 1. The van der Waals surface area contributed by atoms with E-state index >= 15 is 0 Å². The fourth-order valence-corrected chi connectivity index (χ4v) is 1.75. The summed E-state index contributed by atoms with van der Waals surface area (Å²) in [6.45, 7) is 1.82. The first-order chi connectivity index (χ1) is 9.75. The summed E-state index contributed by atoms with van der Waals surface area (Å²) in [5.41, 5.74) is 2.70. The second-order valence-electron chi connectivity index (χ2n) is 4.45. The molecule has 0 spiro atoms. The van der Waals surface area contributed by atoms with Crippen LogP contribution in [0.25, 0.3) is 6.08 Å². The van der Waals surface area contributed by atoms with Crippen LogP contribution >= 0.6 is 0 Å². The van der Waals surface area contributed by atoms with Crippen molar-refractivity contribution in [1.29, 1.82) is 0 Å². The van der Waals surface area contributed by atoms with Crippen LogP contribution in [-0.2, 0) is 4.79 Å². The number of anilines is 1. The summed E-state index contributed by atoms with van der Waals surface area (Å²) in [4.78, 5) is 11.9. The molecule has 2 aromatic rings. The maximum absolute atomic E-state index is 11.9. The fraction of sp³-hybridized carbons (Fsp3) is 0.0556. The van der Waals surface area contributed by atoms with Crippen molar-refractivity contribution in [3.63, 3.8) is 0 Å². The lowest BCUT2D eigenvalue weighted by Crippen LogP contribution is -1.96. The summed E-state index contributed by atoms with van der Waals surface area (Å²) in [5, 5.41) is 3.07. The summed E-state index contributed by atoms with van der Waals surface area (Å²) in [6.07, 6.45) is 5.09. The molecule has 0 aliphatic heterocycles. The summed E-state index contributed by atoms with van der Waals surface area (Å²) in [5.74, 6) is -0.00251. The third kappa shape index (κ3) is 4.25. The molecule has 1 N–H and O–H groups in total. The topological polar surface area (TPSA) is 29.1 Å². The lowest BCUT2D eigenvalue weighted by Gasteiger charge is -1.99. The Morgan fingerprint density at radius 2 is 1.55 bits per heavy atom. The Hall–Kier alpha value is -2.61. The van der Waals surface area contributed by atoms with Crippen molar-refractivity contribution in [2.45, 2.75) is 6.92 Å². The lowest BCUT2D eigenvalue weighted by atomic mass is 10.1. The van der Waals surface area contributed by atoms with E-state index in [2.05, 4.69) is 5.32 Å². The molecular formula is C18H17NO. The molecule has 2 rings (SSSR count). The van der Waals surface area contributed by atoms with Crippen LogP contribution in [0.1, 0.15) is 12.5 Å². The van der Waals surface area contributed by atoms with Gasteiger partial charge in [0.25, 0.3) is 0 Å². The number of rotatable bonds is 5. The van der Waals surface area contributed by atoms with Crippen LogP contribution in [0, 0.1) is 0 Å². The van der Waals surface area contributed by atoms with Gasteiger partial charge in [-0.05, 0) is 36.3 Å². The monoisotopic (exact) mass is 263 g/mol. The smallest absolute Gasteiger partial charge is 0.182 e. The molecule has 0 aromatic heterocycles. The highest BCUT2D eigenvalue weighted by Crippen LogP contribution is 2.08. The van der Waals surface area contributed by atoms with Crippen LogP contribution in [0.3, 0.4) is 0 Å². The minimum Gasteiger partial charge on any atom is -0.362 e. The van der Waals surface area contributed by atoms with Gasteiger partial charge in [-0.2, -0.15) is 0 Å². The highest BCUT2D eigenvalue weighted by molar-refractivity contribution is 6.06. The largest absolute Gasteiger partial charge is 0.362 e. The van der Waals surface area contributed by atoms with E-state index in [-0.39, 0.29) is 5.78 Å².